The molecule has 0 aliphatic carbocycles. The van der Waals surface area contributed by atoms with E-state index in [1.807, 2.05) is 18.2 Å². The quantitative estimate of drug-likeness (QED) is 0.588. The number of aromatic nitrogens is 2. The third-order valence-electron chi connectivity index (χ3n) is 5.57. The Kier molecular flexibility index (Phi) is 5.85. The van der Waals surface area contributed by atoms with Crippen LogP contribution in [0.1, 0.15) is 18.7 Å². The Morgan fingerprint density at radius 3 is 2.41 bits per heavy atom. The Hall–Kier alpha value is -3.07. The molecule has 32 heavy (non-hydrogen) atoms. The first kappa shape index (κ1) is 22.1. The number of hydrogen-bond acceptors (Lipinski definition) is 4. The van der Waals surface area contributed by atoms with Gasteiger partial charge in [-0.25, -0.2) is 4.98 Å². The van der Waals surface area contributed by atoms with Crippen molar-refractivity contribution >= 4 is 34.2 Å². The summed E-state index contributed by atoms with van der Waals surface area (Å²) in [5, 5.41) is 0.610. The van der Waals surface area contributed by atoms with E-state index in [1.54, 1.807) is 17.0 Å². The van der Waals surface area contributed by atoms with Gasteiger partial charge in [0.05, 0.1) is 11.0 Å². The lowest BCUT2D eigenvalue weighted by Crippen LogP contribution is -2.51. The number of fused-ring (bicyclic) bond motifs is 1. The number of carbonyl (C=O) groups is 1. The van der Waals surface area contributed by atoms with Crippen LogP contribution in [-0.4, -0.2) is 46.5 Å². The van der Waals surface area contributed by atoms with E-state index in [-0.39, 0.29) is 11.0 Å². The Morgan fingerprint density at radius 2 is 1.75 bits per heavy atom. The van der Waals surface area contributed by atoms with Crippen molar-refractivity contribution in [3.05, 3.63) is 69.6 Å². The highest BCUT2D eigenvalue weighted by atomic mass is 35.5. The SMILES string of the molecule is CC(C(=O)N1CCN(c2cccc(Cl)c2)CC1)n1c(=O)c(C(F)(F)F)nc2ccccc21. The number of hydrogen-bond donors (Lipinski definition) is 0. The van der Waals surface area contributed by atoms with Crippen molar-refractivity contribution in [3.8, 4) is 0 Å². The summed E-state index contributed by atoms with van der Waals surface area (Å²) in [4.78, 5) is 33.1. The molecule has 2 aromatic carbocycles. The molecule has 0 N–H and O–H groups in total. The Morgan fingerprint density at radius 1 is 1.06 bits per heavy atom. The largest absolute Gasteiger partial charge is 0.438 e. The van der Waals surface area contributed by atoms with Crippen molar-refractivity contribution in [2.75, 3.05) is 31.1 Å². The number of alkyl halides is 3. The molecule has 1 atom stereocenters. The maximum Gasteiger partial charge on any atom is 0.438 e. The summed E-state index contributed by atoms with van der Waals surface area (Å²) in [6.45, 7) is 3.27. The summed E-state index contributed by atoms with van der Waals surface area (Å²) in [7, 11) is 0. The number of benzene rings is 2. The second-order valence-corrected chi connectivity index (χ2v) is 8.03. The average molecular weight is 465 g/mol. The Bertz CT molecular complexity index is 1220. The van der Waals surface area contributed by atoms with Crippen LogP contribution < -0.4 is 10.5 Å². The van der Waals surface area contributed by atoms with Gasteiger partial charge in [0.15, 0.2) is 0 Å². The maximum absolute atomic E-state index is 13.4. The van der Waals surface area contributed by atoms with Gasteiger partial charge in [0, 0.05) is 36.9 Å². The van der Waals surface area contributed by atoms with Crippen molar-refractivity contribution in [3.63, 3.8) is 0 Å². The molecule has 1 aliphatic heterocycles. The van der Waals surface area contributed by atoms with Crippen molar-refractivity contribution in [2.45, 2.75) is 19.1 Å². The predicted octanol–water partition coefficient (Wildman–Crippen LogP) is 3.98. The van der Waals surface area contributed by atoms with E-state index in [2.05, 4.69) is 9.88 Å². The van der Waals surface area contributed by atoms with Gasteiger partial charge in [-0.1, -0.05) is 29.8 Å². The lowest BCUT2D eigenvalue weighted by molar-refractivity contribution is -0.143. The molecule has 1 aromatic heterocycles. The van der Waals surface area contributed by atoms with Gasteiger partial charge in [0.2, 0.25) is 11.6 Å². The molecule has 2 heterocycles. The number of nitrogens with zero attached hydrogens (tertiary/aromatic N) is 4. The molecule has 168 valence electrons. The smallest absolute Gasteiger partial charge is 0.368 e. The van der Waals surface area contributed by atoms with Crippen LogP contribution in [0.5, 0.6) is 0 Å². The van der Waals surface area contributed by atoms with Gasteiger partial charge < -0.3 is 9.80 Å². The lowest BCUT2D eigenvalue weighted by Gasteiger charge is -2.37. The van der Waals surface area contributed by atoms with Crippen LogP contribution in [0, 0.1) is 0 Å². The second kappa shape index (κ2) is 8.46. The molecular formula is C22H20ClF3N4O2. The van der Waals surface area contributed by atoms with Crippen LogP contribution in [0.25, 0.3) is 11.0 Å². The minimum Gasteiger partial charge on any atom is -0.368 e. The summed E-state index contributed by atoms with van der Waals surface area (Å²) in [5.74, 6) is -0.415. The molecule has 0 saturated carbocycles. The van der Waals surface area contributed by atoms with E-state index in [4.69, 9.17) is 11.6 Å². The zero-order valence-corrected chi connectivity index (χ0v) is 17.9. The third-order valence-corrected chi connectivity index (χ3v) is 5.81. The molecule has 4 rings (SSSR count). The van der Waals surface area contributed by atoms with Gasteiger partial charge in [0.1, 0.15) is 6.04 Å². The highest BCUT2D eigenvalue weighted by molar-refractivity contribution is 6.30. The van der Waals surface area contributed by atoms with E-state index in [9.17, 15) is 22.8 Å². The van der Waals surface area contributed by atoms with Gasteiger partial charge >= 0.3 is 6.18 Å². The van der Waals surface area contributed by atoms with E-state index >= 15 is 0 Å². The molecule has 1 unspecified atom stereocenters. The fourth-order valence-corrected chi connectivity index (χ4v) is 4.14. The third kappa shape index (κ3) is 4.17. The van der Waals surface area contributed by atoms with E-state index in [0.29, 0.717) is 31.2 Å². The summed E-state index contributed by atoms with van der Waals surface area (Å²) in [5.41, 5.74) is -1.73. The first-order valence-corrected chi connectivity index (χ1v) is 10.4. The average Bonchev–Trinajstić information content (AvgIpc) is 2.77. The van der Waals surface area contributed by atoms with Crippen molar-refractivity contribution in [1.82, 2.24) is 14.5 Å². The number of para-hydroxylation sites is 2. The number of anilines is 1. The highest BCUT2D eigenvalue weighted by Crippen LogP contribution is 2.28. The minimum atomic E-state index is -4.92. The van der Waals surface area contributed by atoms with Crippen LogP contribution in [0.3, 0.4) is 0 Å². The fraction of sp³-hybridized carbons (Fsp3) is 0.318. The standard InChI is InChI=1S/C22H20ClF3N4O2/c1-14(20(31)29-11-9-28(10-12-29)16-6-4-5-15(23)13-16)30-18-8-3-2-7-17(18)27-19(21(30)32)22(24,25)26/h2-8,13-14H,9-12H2,1H3. The van der Waals surface area contributed by atoms with Gasteiger partial charge in [-0.05, 0) is 37.3 Å². The summed E-state index contributed by atoms with van der Waals surface area (Å²) in [6, 6.07) is 12.3. The summed E-state index contributed by atoms with van der Waals surface area (Å²) < 4.78 is 41.2. The molecule has 6 nitrogen and oxygen atoms in total. The second-order valence-electron chi connectivity index (χ2n) is 7.59. The molecule has 0 spiro atoms. The molecule has 1 aliphatic rings. The molecular weight excluding hydrogens is 445 g/mol. The normalized spacial score (nSPS) is 15.8. The van der Waals surface area contributed by atoms with Crippen molar-refractivity contribution < 1.29 is 18.0 Å². The van der Waals surface area contributed by atoms with Crippen LogP contribution in [0.4, 0.5) is 18.9 Å². The van der Waals surface area contributed by atoms with Gasteiger partial charge in [-0.15, -0.1) is 0 Å². The highest BCUT2D eigenvalue weighted by Gasteiger charge is 2.39. The molecule has 1 saturated heterocycles. The minimum absolute atomic E-state index is 0.00449. The van der Waals surface area contributed by atoms with Crippen LogP contribution in [-0.2, 0) is 11.0 Å². The van der Waals surface area contributed by atoms with Gasteiger partial charge in [-0.3, -0.25) is 14.2 Å². The zero-order chi connectivity index (χ0) is 23.0. The molecule has 10 heteroatoms. The topological polar surface area (TPSA) is 58.4 Å². The maximum atomic E-state index is 13.4. The number of piperazine rings is 1. The van der Waals surface area contributed by atoms with Gasteiger partial charge in [-0.2, -0.15) is 13.2 Å². The van der Waals surface area contributed by atoms with Crippen LogP contribution in [0.15, 0.2) is 53.3 Å². The van der Waals surface area contributed by atoms with E-state index < -0.39 is 29.4 Å². The molecule has 1 fully saturated rings. The molecule has 0 radical (unpaired) electrons. The Labute approximate surface area is 186 Å². The van der Waals surface area contributed by atoms with E-state index in [1.165, 1.54) is 25.1 Å². The number of carbonyl (C=O) groups excluding carboxylic acids is 1. The molecule has 3 aromatic rings. The summed E-state index contributed by atoms with van der Waals surface area (Å²) in [6.07, 6.45) is -4.92. The molecule has 0 bridgehead atoms. The number of rotatable bonds is 3. The van der Waals surface area contributed by atoms with Crippen LogP contribution in [0.2, 0.25) is 5.02 Å². The van der Waals surface area contributed by atoms with Gasteiger partial charge in [0.25, 0.3) is 5.56 Å². The lowest BCUT2D eigenvalue weighted by atomic mass is 10.2. The van der Waals surface area contributed by atoms with Crippen molar-refractivity contribution in [1.29, 1.82) is 0 Å². The van der Waals surface area contributed by atoms with Crippen LogP contribution >= 0.6 is 11.6 Å². The first-order chi connectivity index (χ1) is 15.2. The fourth-order valence-electron chi connectivity index (χ4n) is 3.96. The monoisotopic (exact) mass is 464 g/mol. The number of amides is 1. The molecule has 1 amide bonds. The number of halogens is 4. The van der Waals surface area contributed by atoms with E-state index in [0.717, 1.165) is 10.3 Å². The summed E-state index contributed by atoms with van der Waals surface area (Å²) >= 11 is 6.05. The Balaban J connectivity index is 1.61. The first-order valence-electron chi connectivity index (χ1n) is 10.0. The zero-order valence-electron chi connectivity index (χ0n) is 17.1. The predicted molar refractivity (Wildman–Crippen MR) is 116 cm³/mol. The van der Waals surface area contributed by atoms with Crippen molar-refractivity contribution in [2.24, 2.45) is 0 Å².